The Morgan fingerprint density at radius 3 is 2.35 bits per heavy atom. The average molecular weight is 560 g/mol. The minimum atomic E-state index is -4.60. The lowest BCUT2D eigenvalue weighted by atomic mass is 9.83. The first-order valence-electron chi connectivity index (χ1n) is 10.9. The molecule has 0 radical (unpaired) electrons. The second kappa shape index (κ2) is 9.89. The second-order valence-electron chi connectivity index (χ2n) is 8.51. The number of aryl methyl sites for hydroxylation is 1. The molecule has 0 spiro atoms. The SMILES string of the molecule is CS(=O)(=O)CCc1cc(C(F)(F)F)ccc1C1CCOc2cc(S(=O)(=O)Nc3ncc(F)cn3)ccc21. The third kappa shape index (κ3) is 6.36. The number of ether oxygens (including phenoxy) is 1. The van der Waals surface area contributed by atoms with Crippen LogP contribution in [0.25, 0.3) is 0 Å². The summed E-state index contributed by atoms with van der Waals surface area (Å²) >= 11 is 0. The van der Waals surface area contributed by atoms with Crippen molar-refractivity contribution in [3.63, 3.8) is 0 Å². The molecule has 37 heavy (non-hydrogen) atoms. The van der Waals surface area contributed by atoms with Crippen molar-refractivity contribution < 1.29 is 39.1 Å². The smallest absolute Gasteiger partial charge is 0.416 e. The Kier molecular flexibility index (Phi) is 7.16. The lowest BCUT2D eigenvalue weighted by molar-refractivity contribution is -0.137. The van der Waals surface area contributed by atoms with E-state index in [1.807, 2.05) is 0 Å². The molecule has 1 aromatic heterocycles. The van der Waals surface area contributed by atoms with Gasteiger partial charge in [-0.2, -0.15) is 13.2 Å². The molecule has 14 heteroatoms. The van der Waals surface area contributed by atoms with E-state index in [1.54, 1.807) is 0 Å². The normalized spacial score (nSPS) is 16.1. The number of hydrogen-bond acceptors (Lipinski definition) is 7. The maximum absolute atomic E-state index is 13.4. The van der Waals surface area contributed by atoms with Crippen LogP contribution in [-0.2, 0) is 32.5 Å². The van der Waals surface area contributed by atoms with Crippen LogP contribution in [0.4, 0.5) is 23.5 Å². The van der Waals surface area contributed by atoms with E-state index in [1.165, 1.54) is 24.3 Å². The average Bonchev–Trinajstić information content (AvgIpc) is 2.82. The highest BCUT2D eigenvalue weighted by molar-refractivity contribution is 7.92. The summed E-state index contributed by atoms with van der Waals surface area (Å²) in [6.45, 7) is 0.155. The summed E-state index contributed by atoms with van der Waals surface area (Å²) in [7, 11) is -7.61. The van der Waals surface area contributed by atoms with Gasteiger partial charge in [-0.3, -0.25) is 0 Å². The first-order chi connectivity index (χ1) is 17.2. The number of alkyl halides is 3. The molecular weight excluding hydrogens is 538 g/mol. The van der Waals surface area contributed by atoms with Gasteiger partial charge in [0, 0.05) is 23.8 Å². The second-order valence-corrected chi connectivity index (χ2v) is 12.5. The first-order valence-corrected chi connectivity index (χ1v) is 14.4. The van der Waals surface area contributed by atoms with Crippen LogP contribution in [0.2, 0.25) is 0 Å². The molecule has 1 unspecified atom stereocenters. The van der Waals surface area contributed by atoms with Crippen LogP contribution in [0.3, 0.4) is 0 Å². The highest BCUT2D eigenvalue weighted by Gasteiger charge is 2.33. The van der Waals surface area contributed by atoms with Gasteiger partial charge in [0.2, 0.25) is 5.95 Å². The Bertz CT molecular complexity index is 1530. The van der Waals surface area contributed by atoms with Crippen LogP contribution in [0, 0.1) is 5.82 Å². The van der Waals surface area contributed by atoms with E-state index in [0.717, 1.165) is 30.8 Å². The zero-order valence-corrected chi connectivity index (χ0v) is 20.9. The summed E-state index contributed by atoms with van der Waals surface area (Å²) in [6.07, 6.45) is -1.71. The number of rotatable bonds is 7. The summed E-state index contributed by atoms with van der Waals surface area (Å²) < 4.78 is 110. The Hall–Kier alpha value is -3.26. The number of sulfonamides is 1. The van der Waals surface area contributed by atoms with Crippen molar-refractivity contribution in [3.05, 3.63) is 76.9 Å². The van der Waals surface area contributed by atoms with Gasteiger partial charge in [-0.1, -0.05) is 12.1 Å². The zero-order chi connectivity index (χ0) is 27.0. The van der Waals surface area contributed by atoms with E-state index < -0.39 is 43.3 Å². The summed E-state index contributed by atoms with van der Waals surface area (Å²) in [5, 5.41) is 0. The van der Waals surface area contributed by atoms with Crippen LogP contribution in [0.5, 0.6) is 5.75 Å². The molecule has 0 amide bonds. The monoisotopic (exact) mass is 559 g/mol. The predicted molar refractivity (Wildman–Crippen MR) is 126 cm³/mol. The molecule has 2 heterocycles. The highest BCUT2D eigenvalue weighted by atomic mass is 32.2. The van der Waals surface area contributed by atoms with Gasteiger partial charge >= 0.3 is 6.18 Å². The van der Waals surface area contributed by atoms with Gasteiger partial charge in [0.05, 0.1) is 35.2 Å². The van der Waals surface area contributed by atoms with Crippen LogP contribution in [0.1, 0.15) is 34.6 Å². The number of nitrogens with one attached hydrogen (secondary N) is 1. The molecule has 1 atom stereocenters. The molecule has 1 aliphatic heterocycles. The third-order valence-corrected chi connectivity index (χ3v) is 8.04. The number of anilines is 1. The number of sulfone groups is 1. The van der Waals surface area contributed by atoms with E-state index in [4.69, 9.17) is 4.74 Å². The van der Waals surface area contributed by atoms with Crippen molar-refractivity contribution in [2.45, 2.75) is 29.8 Å². The Balaban J connectivity index is 1.70. The Morgan fingerprint density at radius 2 is 1.70 bits per heavy atom. The molecular formula is C23H21F4N3O5S2. The maximum atomic E-state index is 13.4. The largest absolute Gasteiger partial charge is 0.493 e. The molecule has 8 nitrogen and oxygen atoms in total. The van der Waals surface area contributed by atoms with Gasteiger partial charge in [-0.05, 0) is 42.2 Å². The van der Waals surface area contributed by atoms with Crippen molar-refractivity contribution >= 4 is 25.8 Å². The van der Waals surface area contributed by atoms with E-state index >= 15 is 0 Å². The van der Waals surface area contributed by atoms with Crippen molar-refractivity contribution in [3.8, 4) is 5.75 Å². The Morgan fingerprint density at radius 1 is 1.03 bits per heavy atom. The minimum Gasteiger partial charge on any atom is -0.493 e. The molecule has 1 N–H and O–H groups in total. The third-order valence-electron chi connectivity index (χ3n) is 5.77. The van der Waals surface area contributed by atoms with E-state index in [2.05, 4.69) is 14.7 Å². The van der Waals surface area contributed by atoms with Crippen molar-refractivity contribution in [2.75, 3.05) is 23.3 Å². The zero-order valence-electron chi connectivity index (χ0n) is 19.3. The molecule has 2 aromatic carbocycles. The molecule has 1 aliphatic rings. The fourth-order valence-corrected chi connectivity index (χ4v) is 5.60. The number of fused-ring (bicyclic) bond motifs is 1. The lowest BCUT2D eigenvalue weighted by Crippen LogP contribution is -2.20. The van der Waals surface area contributed by atoms with Crippen LogP contribution >= 0.6 is 0 Å². The van der Waals surface area contributed by atoms with E-state index in [9.17, 15) is 34.4 Å². The molecule has 0 bridgehead atoms. The van der Waals surface area contributed by atoms with Gasteiger partial charge in [0.25, 0.3) is 10.0 Å². The summed E-state index contributed by atoms with van der Waals surface area (Å²) in [5.74, 6) is -1.64. The number of halogens is 4. The molecule has 198 valence electrons. The molecule has 0 saturated carbocycles. The van der Waals surface area contributed by atoms with Gasteiger partial charge in [0.15, 0.2) is 5.82 Å². The first kappa shape index (κ1) is 26.8. The lowest BCUT2D eigenvalue weighted by Gasteiger charge is -2.29. The van der Waals surface area contributed by atoms with Crippen molar-refractivity contribution in [1.29, 1.82) is 0 Å². The van der Waals surface area contributed by atoms with E-state index in [-0.39, 0.29) is 40.9 Å². The van der Waals surface area contributed by atoms with Gasteiger partial charge in [0.1, 0.15) is 15.6 Å². The van der Waals surface area contributed by atoms with Crippen molar-refractivity contribution in [1.82, 2.24) is 9.97 Å². The minimum absolute atomic E-state index is 0.112. The molecule has 0 fully saturated rings. The number of nitrogens with zero attached hydrogens (tertiary/aromatic N) is 2. The molecule has 4 rings (SSSR count). The predicted octanol–water partition coefficient (Wildman–Crippen LogP) is 3.94. The molecule has 3 aromatic rings. The molecule has 0 saturated heterocycles. The number of benzene rings is 2. The van der Waals surface area contributed by atoms with Gasteiger partial charge < -0.3 is 4.74 Å². The Labute approximate surface area is 210 Å². The van der Waals surface area contributed by atoms with E-state index in [0.29, 0.717) is 17.5 Å². The highest BCUT2D eigenvalue weighted by Crippen LogP contribution is 2.42. The standard InChI is InChI=1S/C23H21F4N3O5S2/c1-36(31,32)9-7-14-10-15(23(25,26)27)2-4-18(14)19-6-8-35-21-11-17(3-5-20(19)21)37(33,34)30-22-28-12-16(24)13-29-22/h2-5,10-13,19H,6-9H2,1H3,(H,28,29,30). The summed E-state index contributed by atoms with van der Waals surface area (Å²) in [4.78, 5) is 6.94. The fourth-order valence-electron chi connectivity index (χ4n) is 4.04. The number of aromatic nitrogens is 2. The van der Waals surface area contributed by atoms with Crippen LogP contribution in [0.15, 0.2) is 53.7 Å². The summed E-state index contributed by atoms with van der Waals surface area (Å²) in [6, 6.07) is 7.30. The topological polar surface area (TPSA) is 115 Å². The summed E-state index contributed by atoms with van der Waals surface area (Å²) in [5.41, 5.74) is 0.408. The van der Waals surface area contributed by atoms with Gasteiger partial charge in [-0.15, -0.1) is 0 Å². The number of hydrogen-bond donors (Lipinski definition) is 1. The van der Waals surface area contributed by atoms with Crippen LogP contribution < -0.4 is 9.46 Å². The molecule has 0 aliphatic carbocycles. The maximum Gasteiger partial charge on any atom is 0.416 e. The fraction of sp³-hybridized carbons (Fsp3) is 0.304. The van der Waals surface area contributed by atoms with Crippen molar-refractivity contribution in [2.24, 2.45) is 0 Å². The quantitative estimate of drug-likeness (QED) is 0.436. The van der Waals surface area contributed by atoms with Crippen LogP contribution in [-0.4, -0.2) is 45.4 Å². The van der Waals surface area contributed by atoms with Gasteiger partial charge in [-0.25, -0.2) is 35.9 Å².